The van der Waals surface area contributed by atoms with Gasteiger partial charge in [0.15, 0.2) is 5.65 Å². The Kier molecular flexibility index (Phi) is 4.65. The Bertz CT molecular complexity index is 1210. The standard InChI is InChI=1S/C23H25N5O2/c1-15-12-21(24-22-18(15)13-17(29-2)14-19(22)30-3)27-10-7-16(8-11-27)23-26-25-20-6-4-5-9-28(20)23/h4-6,9,12-14,16H,7-8,10-11H2,1-3H3. The van der Waals surface area contributed by atoms with Crippen molar-refractivity contribution in [1.82, 2.24) is 19.6 Å². The van der Waals surface area contributed by atoms with E-state index in [2.05, 4.69) is 32.5 Å². The lowest BCUT2D eigenvalue weighted by molar-refractivity contribution is 0.397. The van der Waals surface area contributed by atoms with Crippen LogP contribution in [0, 0.1) is 6.92 Å². The highest BCUT2D eigenvalue weighted by molar-refractivity contribution is 5.90. The molecule has 4 aromatic rings. The summed E-state index contributed by atoms with van der Waals surface area (Å²) in [6, 6.07) is 12.1. The summed E-state index contributed by atoms with van der Waals surface area (Å²) < 4.78 is 13.1. The highest BCUT2D eigenvalue weighted by Gasteiger charge is 2.25. The number of anilines is 1. The monoisotopic (exact) mass is 403 g/mol. The van der Waals surface area contributed by atoms with Gasteiger partial charge in [0.05, 0.1) is 14.2 Å². The van der Waals surface area contributed by atoms with Crippen LogP contribution in [-0.4, -0.2) is 46.9 Å². The maximum absolute atomic E-state index is 5.60. The number of benzene rings is 1. The van der Waals surface area contributed by atoms with Crippen LogP contribution in [0.4, 0.5) is 5.82 Å². The third-order valence-electron chi connectivity index (χ3n) is 6.03. The Morgan fingerprint density at radius 2 is 1.83 bits per heavy atom. The first-order valence-electron chi connectivity index (χ1n) is 10.3. The molecular formula is C23H25N5O2. The summed E-state index contributed by atoms with van der Waals surface area (Å²) in [4.78, 5) is 7.31. The van der Waals surface area contributed by atoms with Crippen molar-refractivity contribution < 1.29 is 9.47 Å². The predicted octanol–water partition coefficient (Wildman–Crippen LogP) is 3.99. The van der Waals surface area contributed by atoms with Crippen molar-refractivity contribution >= 4 is 22.4 Å². The fourth-order valence-electron chi connectivity index (χ4n) is 4.36. The van der Waals surface area contributed by atoms with Gasteiger partial charge in [-0.25, -0.2) is 4.98 Å². The predicted molar refractivity (Wildman–Crippen MR) is 117 cm³/mol. The molecule has 3 aromatic heterocycles. The minimum atomic E-state index is 0.402. The summed E-state index contributed by atoms with van der Waals surface area (Å²) in [6.07, 6.45) is 4.09. The second-order valence-electron chi connectivity index (χ2n) is 7.77. The van der Waals surface area contributed by atoms with Crippen molar-refractivity contribution in [3.05, 3.63) is 54.0 Å². The fraction of sp³-hybridized carbons (Fsp3) is 0.348. The van der Waals surface area contributed by atoms with Gasteiger partial charge < -0.3 is 14.4 Å². The average Bonchev–Trinajstić information content (AvgIpc) is 3.22. The van der Waals surface area contributed by atoms with E-state index in [1.165, 1.54) is 0 Å². The van der Waals surface area contributed by atoms with Gasteiger partial charge in [-0.3, -0.25) is 4.40 Å². The maximum atomic E-state index is 5.60. The van der Waals surface area contributed by atoms with Crippen molar-refractivity contribution in [2.45, 2.75) is 25.7 Å². The Morgan fingerprint density at radius 3 is 2.60 bits per heavy atom. The van der Waals surface area contributed by atoms with Crippen molar-refractivity contribution in [1.29, 1.82) is 0 Å². The van der Waals surface area contributed by atoms with Crippen LogP contribution in [0.3, 0.4) is 0 Å². The average molecular weight is 403 g/mol. The molecule has 4 heterocycles. The van der Waals surface area contributed by atoms with E-state index in [1.807, 2.05) is 36.5 Å². The molecule has 1 saturated heterocycles. The zero-order valence-corrected chi connectivity index (χ0v) is 17.5. The molecule has 7 heteroatoms. The highest BCUT2D eigenvalue weighted by Crippen LogP contribution is 2.35. The lowest BCUT2D eigenvalue weighted by Crippen LogP contribution is -2.34. The number of hydrogen-bond acceptors (Lipinski definition) is 6. The van der Waals surface area contributed by atoms with Crippen LogP contribution in [0.5, 0.6) is 11.5 Å². The molecule has 7 nitrogen and oxygen atoms in total. The topological polar surface area (TPSA) is 64.8 Å². The smallest absolute Gasteiger partial charge is 0.160 e. The molecule has 0 radical (unpaired) electrons. The van der Waals surface area contributed by atoms with Gasteiger partial charge in [0.2, 0.25) is 0 Å². The van der Waals surface area contributed by atoms with Crippen LogP contribution < -0.4 is 14.4 Å². The van der Waals surface area contributed by atoms with Gasteiger partial charge in [-0.05, 0) is 49.6 Å². The second-order valence-corrected chi connectivity index (χ2v) is 7.77. The van der Waals surface area contributed by atoms with Gasteiger partial charge >= 0.3 is 0 Å². The molecule has 1 fully saturated rings. The number of rotatable bonds is 4. The summed E-state index contributed by atoms with van der Waals surface area (Å²) in [6.45, 7) is 3.98. The van der Waals surface area contributed by atoms with E-state index in [0.717, 1.165) is 71.2 Å². The minimum Gasteiger partial charge on any atom is -0.497 e. The summed E-state index contributed by atoms with van der Waals surface area (Å²) in [5, 5.41) is 9.83. The van der Waals surface area contributed by atoms with Crippen LogP contribution in [0.15, 0.2) is 42.6 Å². The fourth-order valence-corrected chi connectivity index (χ4v) is 4.36. The van der Waals surface area contributed by atoms with Crippen LogP contribution in [0.25, 0.3) is 16.6 Å². The lowest BCUT2D eigenvalue weighted by atomic mass is 9.96. The minimum absolute atomic E-state index is 0.402. The Hall–Kier alpha value is -3.35. The summed E-state index contributed by atoms with van der Waals surface area (Å²) >= 11 is 0. The number of aromatic nitrogens is 4. The molecule has 1 aliphatic heterocycles. The van der Waals surface area contributed by atoms with E-state index >= 15 is 0 Å². The number of fused-ring (bicyclic) bond motifs is 2. The van der Waals surface area contributed by atoms with Crippen LogP contribution >= 0.6 is 0 Å². The molecule has 154 valence electrons. The molecule has 0 atom stereocenters. The largest absolute Gasteiger partial charge is 0.497 e. The first-order chi connectivity index (χ1) is 14.7. The van der Waals surface area contributed by atoms with E-state index in [9.17, 15) is 0 Å². The van der Waals surface area contributed by atoms with E-state index in [1.54, 1.807) is 14.2 Å². The molecule has 5 rings (SSSR count). The quantitative estimate of drug-likeness (QED) is 0.513. The van der Waals surface area contributed by atoms with Gasteiger partial charge in [0.1, 0.15) is 28.7 Å². The molecular weight excluding hydrogens is 378 g/mol. The molecule has 30 heavy (non-hydrogen) atoms. The number of piperidine rings is 1. The summed E-state index contributed by atoms with van der Waals surface area (Å²) in [5.74, 6) is 3.96. The highest BCUT2D eigenvalue weighted by atomic mass is 16.5. The Balaban J connectivity index is 1.42. The molecule has 0 spiro atoms. The number of nitrogens with zero attached hydrogens (tertiary/aromatic N) is 5. The Labute approximate surface area is 175 Å². The second kappa shape index (κ2) is 7.48. The van der Waals surface area contributed by atoms with E-state index in [4.69, 9.17) is 14.5 Å². The molecule has 1 aromatic carbocycles. The van der Waals surface area contributed by atoms with Crippen molar-refractivity contribution in [3.8, 4) is 11.5 Å². The number of hydrogen-bond donors (Lipinski definition) is 0. The molecule has 0 aliphatic carbocycles. The summed E-state index contributed by atoms with van der Waals surface area (Å²) in [5.41, 5.74) is 2.95. The van der Waals surface area contributed by atoms with Crippen molar-refractivity contribution in [2.24, 2.45) is 0 Å². The number of ether oxygens (including phenoxy) is 2. The van der Waals surface area contributed by atoms with Crippen molar-refractivity contribution in [2.75, 3.05) is 32.2 Å². The van der Waals surface area contributed by atoms with Crippen molar-refractivity contribution in [3.63, 3.8) is 0 Å². The van der Waals surface area contributed by atoms with Crippen LogP contribution in [0.2, 0.25) is 0 Å². The maximum Gasteiger partial charge on any atom is 0.160 e. The zero-order chi connectivity index (χ0) is 20.7. The normalized spacial score (nSPS) is 15.1. The Morgan fingerprint density at radius 1 is 1.00 bits per heavy atom. The van der Waals surface area contributed by atoms with Gasteiger partial charge in [0, 0.05) is 36.7 Å². The van der Waals surface area contributed by atoms with E-state index < -0.39 is 0 Å². The molecule has 0 bridgehead atoms. The first-order valence-corrected chi connectivity index (χ1v) is 10.3. The molecule has 1 aliphatic rings. The molecule has 0 amide bonds. The van der Waals surface area contributed by atoms with E-state index in [-0.39, 0.29) is 0 Å². The van der Waals surface area contributed by atoms with Gasteiger partial charge in [-0.1, -0.05) is 6.07 Å². The molecule has 0 saturated carbocycles. The van der Waals surface area contributed by atoms with Crippen LogP contribution in [-0.2, 0) is 0 Å². The lowest BCUT2D eigenvalue weighted by Gasteiger charge is -2.32. The number of pyridine rings is 2. The van der Waals surface area contributed by atoms with Gasteiger partial charge in [-0.15, -0.1) is 10.2 Å². The van der Waals surface area contributed by atoms with Gasteiger partial charge in [-0.2, -0.15) is 0 Å². The number of aryl methyl sites for hydroxylation is 1. The first kappa shape index (κ1) is 18.7. The third-order valence-corrected chi connectivity index (χ3v) is 6.03. The van der Waals surface area contributed by atoms with E-state index in [0.29, 0.717) is 5.92 Å². The number of methoxy groups -OCH3 is 2. The SMILES string of the molecule is COc1cc(OC)c2nc(N3CCC(c4nnc5ccccn45)CC3)cc(C)c2c1. The van der Waals surface area contributed by atoms with Crippen LogP contribution in [0.1, 0.15) is 30.1 Å². The van der Waals surface area contributed by atoms with Gasteiger partial charge in [0.25, 0.3) is 0 Å². The summed E-state index contributed by atoms with van der Waals surface area (Å²) in [7, 11) is 3.34. The molecule has 0 N–H and O–H groups in total. The zero-order valence-electron chi connectivity index (χ0n) is 17.5. The molecule has 0 unspecified atom stereocenters. The third kappa shape index (κ3) is 3.10.